The number of anilines is 1. The van der Waals surface area contributed by atoms with E-state index < -0.39 is 23.5 Å². The van der Waals surface area contributed by atoms with Crippen molar-refractivity contribution in [2.75, 3.05) is 11.9 Å². The summed E-state index contributed by atoms with van der Waals surface area (Å²) in [5.74, 6) is 0.365. The second-order valence-corrected chi connectivity index (χ2v) is 6.36. The molecule has 0 aliphatic carbocycles. The van der Waals surface area contributed by atoms with E-state index in [0.717, 1.165) is 22.9 Å². The first-order valence-electron chi connectivity index (χ1n) is 8.36. The molecule has 0 saturated heterocycles. The Morgan fingerprint density at radius 3 is 2.36 bits per heavy atom. The maximum absolute atomic E-state index is 13.4. The maximum Gasteiger partial charge on any atom is 0.418 e. The number of rotatable bonds is 2. The van der Waals surface area contributed by atoms with Gasteiger partial charge in [0.25, 0.3) is 0 Å². The van der Waals surface area contributed by atoms with Crippen LogP contribution in [0.1, 0.15) is 16.7 Å². The van der Waals surface area contributed by atoms with Crippen molar-refractivity contribution in [3.05, 3.63) is 65.2 Å². The Kier molecular flexibility index (Phi) is 4.13. The van der Waals surface area contributed by atoms with Gasteiger partial charge in [-0.15, -0.1) is 0 Å². The lowest BCUT2D eigenvalue weighted by molar-refractivity contribution is -0.138. The van der Waals surface area contributed by atoms with Crippen molar-refractivity contribution < 1.29 is 26.3 Å². The average molecular weight is 397 g/mol. The number of hydrogen-bond acceptors (Lipinski definition) is 2. The first-order chi connectivity index (χ1) is 13.2. The first kappa shape index (κ1) is 18.4. The molecule has 3 aromatic rings. The van der Waals surface area contributed by atoms with Gasteiger partial charge in [0, 0.05) is 17.7 Å². The highest BCUT2D eigenvalue weighted by molar-refractivity contribution is 5.73. The zero-order chi connectivity index (χ0) is 20.1. The molecule has 0 saturated carbocycles. The third kappa shape index (κ3) is 3.10. The quantitative estimate of drug-likeness (QED) is 0.575. The third-order valence-electron chi connectivity index (χ3n) is 4.55. The summed E-state index contributed by atoms with van der Waals surface area (Å²) in [6, 6.07) is 9.59. The van der Waals surface area contributed by atoms with Crippen LogP contribution in [0.3, 0.4) is 0 Å². The summed E-state index contributed by atoms with van der Waals surface area (Å²) < 4.78 is 80.5. The van der Waals surface area contributed by atoms with Crippen LogP contribution >= 0.6 is 0 Å². The normalized spacial score (nSPS) is 14.1. The van der Waals surface area contributed by atoms with E-state index in [1.54, 1.807) is 0 Å². The predicted octanol–water partition coefficient (Wildman–Crippen LogP) is 5.54. The van der Waals surface area contributed by atoms with Crippen molar-refractivity contribution in [2.45, 2.75) is 18.8 Å². The monoisotopic (exact) mass is 397 g/mol. The molecule has 2 heterocycles. The number of para-hydroxylation sites is 1. The Labute approximate surface area is 155 Å². The van der Waals surface area contributed by atoms with Gasteiger partial charge in [-0.2, -0.15) is 31.4 Å². The van der Waals surface area contributed by atoms with Gasteiger partial charge in [-0.05, 0) is 30.7 Å². The molecule has 3 nitrogen and oxygen atoms in total. The van der Waals surface area contributed by atoms with Gasteiger partial charge in [-0.25, -0.2) is 4.68 Å². The molecule has 1 aliphatic heterocycles. The number of nitrogens with one attached hydrogen (secondary N) is 1. The smallest absolute Gasteiger partial charge is 0.369 e. The molecule has 0 unspecified atom stereocenters. The molecule has 4 rings (SSSR count). The largest absolute Gasteiger partial charge is 0.418 e. The number of aromatic nitrogens is 2. The molecular weight excluding hydrogens is 384 g/mol. The molecule has 0 amide bonds. The second-order valence-electron chi connectivity index (χ2n) is 6.36. The van der Waals surface area contributed by atoms with Gasteiger partial charge in [0.2, 0.25) is 0 Å². The van der Waals surface area contributed by atoms with E-state index in [0.29, 0.717) is 24.3 Å². The van der Waals surface area contributed by atoms with Gasteiger partial charge in [-0.3, -0.25) is 0 Å². The number of nitrogens with zero attached hydrogens (tertiary/aromatic N) is 2. The van der Waals surface area contributed by atoms with E-state index in [1.807, 2.05) is 0 Å². The SMILES string of the molecule is FC(F)(F)c1cccc(-c2nn(-c3ccccc3C(F)(F)F)c3c2CCN3)c1. The number of benzene rings is 2. The second kappa shape index (κ2) is 6.29. The highest BCUT2D eigenvalue weighted by atomic mass is 19.4. The van der Waals surface area contributed by atoms with Crippen LogP contribution in [-0.2, 0) is 18.8 Å². The molecule has 0 fully saturated rings. The molecule has 146 valence electrons. The molecule has 0 spiro atoms. The van der Waals surface area contributed by atoms with Crippen molar-refractivity contribution >= 4 is 5.82 Å². The van der Waals surface area contributed by atoms with Crippen LogP contribution in [0.2, 0.25) is 0 Å². The average Bonchev–Trinajstić information content (AvgIpc) is 3.23. The molecule has 2 aromatic carbocycles. The van der Waals surface area contributed by atoms with Crippen LogP contribution in [0, 0.1) is 0 Å². The molecular formula is C19H13F6N3. The standard InChI is InChI=1S/C19H13F6N3/c20-18(21,22)12-5-3-4-11(10-12)16-13-8-9-26-17(13)28(27-16)15-7-2-1-6-14(15)19(23,24)25/h1-7,10,26H,8-9H2. The molecule has 1 N–H and O–H groups in total. The Bertz CT molecular complexity index is 1030. The van der Waals surface area contributed by atoms with Crippen molar-refractivity contribution in [1.29, 1.82) is 0 Å². The fraction of sp³-hybridized carbons (Fsp3) is 0.211. The van der Waals surface area contributed by atoms with Gasteiger partial charge in [0.1, 0.15) is 5.82 Å². The molecule has 1 aliphatic rings. The van der Waals surface area contributed by atoms with Gasteiger partial charge < -0.3 is 5.32 Å². The Morgan fingerprint density at radius 1 is 0.893 bits per heavy atom. The lowest BCUT2D eigenvalue weighted by atomic mass is 10.0. The van der Waals surface area contributed by atoms with E-state index in [2.05, 4.69) is 10.4 Å². The van der Waals surface area contributed by atoms with Crippen molar-refractivity contribution in [1.82, 2.24) is 9.78 Å². The molecule has 0 atom stereocenters. The maximum atomic E-state index is 13.4. The van der Waals surface area contributed by atoms with Crippen LogP contribution in [-0.4, -0.2) is 16.3 Å². The van der Waals surface area contributed by atoms with E-state index in [-0.39, 0.29) is 16.9 Å². The molecule has 28 heavy (non-hydrogen) atoms. The fourth-order valence-corrected chi connectivity index (χ4v) is 3.32. The topological polar surface area (TPSA) is 29.9 Å². The van der Waals surface area contributed by atoms with Crippen LogP contribution in [0.4, 0.5) is 32.2 Å². The number of alkyl halides is 6. The van der Waals surface area contributed by atoms with E-state index in [1.165, 1.54) is 30.3 Å². The van der Waals surface area contributed by atoms with Crippen molar-refractivity contribution in [2.24, 2.45) is 0 Å². The predicted molar refractivity (Wildman–Crippen MR) is 91.2 cm³/mol. The summed E-state index contributed by atoms with van der Waals surface area (Å²) in [4.78, 5) is 0. The molecule has 1 aromatic heterocycles. The minimum absolute atomic E-state index is 0.182. The van der Waals surface area contributed by atoms with E-state index in [4.69, 9.17) is 0 Å². The van der Waals surface area contributed by atoms with Crippen molar-refractivity contribution in [3.63, 3.8) is 0 Å². The Hall–Kier alpha value is -2.97. The van der Waals surface area contributed by atoms with Crippen LogP contribution in [0.5, 0.6) is 0 Å². The van der Waals surface area contributed by atoms with Gasteiger partial charge in [0.05, 0.1) is 22.5 Å². The molecule has 0 radical (unpaired) electrons. The minimum atomic E-state index is -4.59. The lowest BCUT2D eigenvalue weighted by Crippen LogP contribution is -2.13. The highest BCUT2D eigenvalue weighted by Gasteiger charge is 2.36. The van der Waals surface area contributed by atoms with Crippen LogP contribution in [0.25, 0.3) is 16.9 Å². The summed E-state index contributed by atoms with van der Waals surface area (Å²) in [6.07, 6.45) is -8.66. The van der Waals surface area contributed by atoms with Crippen LogP contribution < -0.4 is 5.32 Å². The Balaban J connectivity index is 1.90. The van der Waals surface area contributed by atoms with Crippen molar-refractivity contribution in [3.8, 4) is 16.9 Å². The van der Waals surface area contributed by atoms with Gasteiger partial charge >= 0.3 is 12.4 Å². The summed E-state index contributed by atoms with van der Waals surface area (Å²) in [5.41, 5.74) is -0.851. The zero-order valence-corrected chi connectivity index (χ0v) is 14.2. The van der Waals surface area contributed by atoms with Crippen LogP contribution in [0.15, 0.2) is 48.5 Å². The summed E-state index contributed by atoms with van der Waals surface area (Å²) in [5, 5.41) is 7.25. The minimum Gasteiger partial charge on any atom is -0.369 e. The fourth-order valence-electron chi connectivity index (χ4n) is 3.32. The molecule has 0 bridgehead atoms. The van der Waals surface area contributed by atoms with Gasteiger partial charge in [-0.1, -0.05) is 24.3 Å². The number of hydrogen-bond donors (Lipinski definition) is 1. The Morgan fingerprint density at radius 2 is 1.64 bits per heavy atom. The first-order valence-corrected chi connectivity index (χ1v) is 8.36. The highest BCUT2D eigenvalue weighted by Crippen LogP contribution is 2.40. The lowest BCUT2D eigenvalue weighted by Gasteiger charge is -2.14. The molecule has 9 heteroatoms. The third-order valence-corrected chi connectivity index (χ3v) is 4.55. The zero-order valence-electron chi connectivity index (χ0n) is 14.2. The summed E-state index contributed by atoms with van der Waals surface area (Å²) >= 11 is 0. The van der Waals surface area contributed by atoms with E-state index in [9.17, 15) is 26.3 Å². The summed E-state index contributed by atoms with van der Waals surface area (Å²) in [6.45, 7) is 0.466. The number of fused-ring (bicyclic) bond motifs is 1. The summed E-state index contributed by atoms with van der Waals surface area (Å²) in [7, 11) is 0. The van der Waals surface area contributed by atoms with E-state index >= 15 is 0 Å². The number of halogens is 6. The van der Waals surface area contributed by atoms with Gasteiger partial charge in [0.15, 0.2) is 0 Å².